The maximum atomic E-state index is 13.4. The maximum absolute atomic E-state index is 13.4. The summed E-state index contributed by atoms with van der Waals surface area (Å²) in [6, 6.07) is 2.73. The minimum Gasteiger partial charge on any atom is -0.450 e. The lowest BCUT2D eigenvalue weighted by molar-refractivity contribution is 0.0952. The minimum atomic E-state index is -0.757. The van der Waals surface area contributed by atoms with Crippen LogP contribution in [0, 0.1) is 11.6 Å². The van der Waals surface area contributed by atoms with Gasteiger partial charge >= 0.3 is 6.09 Å². The van der Waals surface area contributed by atoms with Crippen molar-refractivity contribution in [2.45, 2.75) is 39.2 Å². The number of nitrogens with one attached hydrogen (secondary N) is 1. The first kappa shape index (κ1) is 17.1. The molecule has 0 aliphatic heterocycles. The molecule has 0 bridgehead atoms. The van der Waals surface area contributed by atoms with Crippen LogP contribution in [0.25, 0.3) is 0 Å². The molecule has 0 spiro atoms. The molecule has 6 heteroatoms. The van der Waals surface area contributed by atoms with Crippen LogP contribution in [0.4, 0.5) is 13.6 Å². The molecule has 0 aliphatic rings. The Morgan fingerprint density at radius 1 is 1.24 bits per heavy atom. The SMILES string of the molecule is CC(C)(C)NC(=O)OCCCC(=O)c1cc(F)ccc1F. The number of hydrogen-bond acceptors (Lipinski definition) is 3. The van der Waals surface area contributed by atoms with Crippen molar-refractivity contribution in [2.24, 2.45) is 0 Å². The van der Waals surface area contributed by atoms with Gasteiger partial charge in [0.1, 0.15) is 11.6 Å². The van der Waals surface area contributed by atoms with Gasteiger partial charge in [-0.05, 0) is 45.4 Å². The van der Waals surface area contributed by atoms with Crippen LogP contribution in [0.5, 0.6) is 0 Å². The molecule has 1 rings (SSSR count). The van der Waals surface area contributed by atoms with Crippen molar-refractivity contribution >= 4 is 11.9 Å². The van der Waals surface area contributed by atoms with E-state index in [4.69, 9.17) is 4.74 Å². The molecule has 0 unspecified atom stereocenters. The molecule has 0 saturated heterocycles. The molecule has 1 amide bonds. The topological polar surface area (TPSA) is 55.4 Å². The van der Waals surface area contributed by atoms with E-state index in [0.717, 1.165) is 18.2 Å². The molecule has 0 fully saturated rings. The second-order valence-corrected chi connectivity index (χ2v) is 5.66. The lowest BCUT2D eigenvalue weighted by Crippen LogP contribution is -2.41. The van der Waals surface area contributed by atoms with Crippen molar-refractivity contribution in [1.29, 1.82) is 0 Å². The zero-order valence-corrected chi connectivity index (χ0v) is 12.3. The maximum Gasteiger partial charge on any atom is 0.407 e. The van der Waals surface area contributed by atoms with Crippen molar-refractivity contribution in [1.82, 2.24) is 5.32 Å². The van der Waals surface area contributed by atoms with Crippen LogP contribution in [0.15, 0.2) is 18.2 Å². The second-order valence-electron chi connectivity index (χ2n) is 5.66. The number of benzene rings is 1. The van der Waals surface area contributed by atoms with Crippen LogP contribution < -0.4 is 5.32 Å². The predicted molar refractivity (Wildman–Crippen MR) is 74.2 cm³/mol. The summed E-state index contributed by atoms with van der Waals surface area (Å²) in [5.41, 5.74) is -0.688. The number of rotatable bonds is 5. The number of amides is 1. The smallest absolute Gasteiger partial charge is 0.407 e. The van der Waals surface area contributed by atoms with Crippen molar-refractivity contribution in [3.05, 3.63) is 35.4 Å². The highest BCUT2D eigenvalue weighted by Crippen LogP contribution is 2.13. The summed E-state index contributed by atoms with van der Waals surface area (Å²) in [5.74, 6) is -1.94. The number of Topliss-reactive ketones (excluding diaryl/α,β-unsaturated/α-hetero) is 1. The molecule has 116 valence electrons. The summed E-state index contributed by atoms with van der Waals surface area (Å²) < 4.78 is 31.2. The van der Waals surface area contributed by atoms with E-state index in [1.54, 1.807) is 0 Å². The fraction of sp³-hybridized carbons (Fsp3) is 0.467. The third kappa shape index (κ3) is 6.33. The van der Waals surface area contributed by atoms with E-state index in [0.29, 0.717) is 0 Å². The molecule has 0 radical (unpaired) electrons. The molecule has 1 aromatic carbocycles. The highest BCUT2D eigenvalue weighted by atomic mass is 19.1. The zero-order valence-electron chi connectivity index (χ0n) is 12.3. The number of carbonyl (C=O) groups excluding carboxylic acids is 2. The van der Waals surface area contributed by atoms with Gasteiger partial charge in [-0.3, -0.25) is 4.79 Å². The molecule has 0 atom stereocenters. The molecule has 21 heavy (non-hydrogen) atoms. The summed E-state index contributed by atoms with van der Waals surface area (Å²) in [6.07, 6.45) is -0.359. The average molecular weight is 299 g/mol. The van der Waals surface area contributed by atoms with E-state index >= 15 is 0 Å². The Morgan fingerprint density at radius 2 is 1.90 bits per heavy atom. The van der Waals surface area contributed by atoms with E-state index in [2.05, 4.69) is 5.32 Å². The first-order valence-corrected chi connectivity index (χ1v) is 6.62. The summed E-state index contributed by atoms with van der Waals surface area (Å²) in [7, 11) is 0. The van der Waals surface area contributed by atoms with Gasteiger partial charge in [0.15, 0.2) is 5.78 Å². The van der Waals surface area contributed by atoms with Crippen LogP contribution in [0.2, 0.25) is 0 Å². The Labute approximate surface area is 122 Å². The van der Waals surface area contributed by atoms with E-state index in [1.165, 1.54) is 0 Å². The van der Waals surface area contributed by atoms with E-state index < -0.39 is 29.0 Å². The van der Waals surface area contributed by atoms with Crippen molar-refractivity contribution < 1.29 is 23.1 Å². The van der Waals surface area contributed by atoms with Crippen molar-refractivity contribution in [2.75, 3.05) is 6.61 Å². The molecular weight excluding hydrogens is 280 g/mol. The van der Waals surface area contributed by atoms with Gasteiger partial charge in [0.2, 0.25) is 0 Å². The highest BCUT2D eigenvalue weighted by molar-refractivity contribution is 5.96. The molecular formula is C15H19F2NO3. The Bertz CT molecular complexity index is 524. The van der Waals surface area contributed by atoms with E-state index in [-0.39, 0.29) is 25.0 Å². The number of hydrogen-bond donors (Lipinski definition) is 1. The molecule has 0 aliphatic carbocycles. The second kappa shape index (κ2) is 7.15. The zero-order chi connectivity index (χ0) is 16.0. The van der Waals surface area contributed by atoms with Crippen molar-refractivity contribution in [3.63, 3.8) is 0 Å². The summed E-state index contributed by atoms with van der Waals surface area (Å²) in [4.78, 5) is 23.1. The molecule has 0 heterocycles. The largest absolute Gasteiger partial charge is 0.450 e. The molecule has 1 aromatic rings. The van der Waals surface area contributed by atoms with Crippen LogP contribution in [-0.4, -0.2) is 24.0 Å². The third-order valence-corrected chi connectivity index (χ3v) is 2.49. The van der Waals surface area contributed by atoms with Crippen LogP contribution in [0.1, 0.15) is 44.0 Å². The molecule has 0 aromatic heterocycles. The Kier molecular flexibility index (Phi) is 5.81. The molecule has 4 nitrogen and oxygen atoms in total. The van der Waals surface area contributed by atoms with Gasteiger partial charge in [0.05, 0.1) is 12.2 Å². The average Bonchev–Trinajstić information content (AvgIpc) is 2.35. The van der Waals surface area contributed by atoms with Gasteiger partial charge < -0.3 is 10.1 Å². The number of alkyl carbamates (subject to hydrolysis) is 1. The Morgan fingerprint density at radius 3 is 2.52 bits per heavy atom. The standard InChI is InChI=1S/C15H19F2NO3/c1-15(2,3)18-14(20)21-8-4-5-13(19)11-9-10(16)6-7-12(11)17/h6-7,9H,4-5,8H2,1-3H3,(H,18,20). The molecule has 1 N–H and O–H groups in total. The number of ether oxygens (including phenoxy) is 1. The fourth-order valence-corrected chi connectivity index (χ4v) is 1.59. The molecule has 0 saturated carbocycles. The Hall–Kier alpha value is -1.98. The van der Waals surface area contributed by atoms with Gasteiger partial charge in [-0.15, -0.1) is 0 Å². The van der Waals surface area contributed by atoms with Gasteiger partial charge in [0, 0.05) is 12.0 Å². The van der Waals surface area contributed by atoms with Crippen molar-refractivity contribution in [3.8, 4) is 0 Å². The van der Waals surface area contributed by atoms with Gasteiger partial charge in [0.25, 0.3) is 0 Å². The van der Waals surface area contributed by atoms with E-state index in [9.17, 15) is 18.4 Å². The number of carbonyl (C=O) groups is 2. The van der Waals surface area contributed by atoms with E-state index in [1.807, 2.05) is 20.8 Å². The number of ketones is 1. The van der Waals surface area contributed by atoms with Crippen LogP contribution in [0.3, 0.4) is 0 Å². The third-order valence-electron chi connectivity index (χ3n) is 2.49. The Balaban J connectivity index is 2.38. The quantitative estimate of drug-likeness (QED) is 0.669. The summed E-state index contributed by atoms with van der Waals surface area (Å²) >= 11 is 0. The normalized spacial score (nSPS) is 11.1. The lowest BCUT2D eigenvalue weighted by Gasteiger charge is -2.19. The first-order valence-electron chi connectivity index (χ1n) is 6.62. The first-order chi connectivity index (χ1) is 9.69. The summed E-state index contributed by atoms with van der Waals surface area (Å²) in [5, 5.41) is 2.60. The summed E-state index contributed by atoms with van der Waals surface area (Å²) in [6.45, 7) is 5.46. The monoisotopic (exact) mass is 299 g/mol. The van der Waals surface area contributed by atoms with Gasteiger partial charge in [-0.1, -0.05) is 0 Å². The van der Waals surface area contributed by atoms with Crippen LogP contribution >= 0.6 is 0 Å². The highest BCUT2D eigenvalue weighted by Gasteiger charge is 2.15. The predicted octanol–water partition coefficient (Wildman–Crippen LogP) is 3.45. The number of halogens is 2. The van der Waals surface area contributed by atoms with Crippen LogP contribution in [-0.2, 0) is 4.74 Å². The van der Waals surface area contributed by atoms with Gasteiger partial charge in [-0.25, -0.2) is 13.6 Å². The fourth-order valence-electron chi connectivity index (χ4n) is 1.59. The minimum absolute atomic E-state index is 0.0246. The lowest BCUT2D eigenvalue weighted by atomic mass is 10.1. The van der Waals surface area contributed by atoms with Gasteiger partial charge in [-0.2, -0.15) is 0 Å².